The number of hydrogen-bond donors (Lipinski definition) is 1. The van der Waals surface area contributed by atoms with E-state index in [9.17, 15) is 14.9 Å². The standard InChI is InChI=1S/C22H16Br2ClN3O4/c1-31-21(29)17-16(11-6-4-3-5-7-11)13(10-26)20(27)28(19(17)22(30)32-2)12-8-14(23)18(25)15(24)9-12/h3-9,16H,27H2,1-2H3. The molecule has 0 saturated heterocycles. The van der Waals surface area contributed by atoms with Crippen LogP contribution in [0.5, 0.6) is 0 Å². The molecule has 0 bridgehead atoms. The molecule has 0 amide bonds. The highest BCUT2D eigenvalue weighted by atomic mass is 79.9. The number of allylic oxidation sites excluding steroid dienone is 1. The highest BCUT2D eigenvalue weighted by Gasteiger charge is 2.43. The third-order valence-corrected chi connectivity index (χ3v) is 6.95. The molecule has 0 aromatic heterocycles. The van der Waals surface area contributed by atoms with Crippen LogP contribution in [0.25, 0.3) is 0 Å². The van der Waals surface area contributed by atoms with E-state index >= 15 is 0 Å². The highest BCUT2D eigenvalue weighted by Crippen LogP contribution is 2.45. The van der Waals surface area contributed by atoms with Crippen molar-refractivity contribution in [1.82, 2.24) is 0 Å². The number of esters is 2. The van der Waals surface area contributed by atoms with Gasteiger partial charge in [-0.05, 0) is 49.6 Å². The van der Waals surface area contributed by atoms with Gasteiger partial charge < -0.3 is 15.2 Å². The fourth-order valence-electron chi connectivity index (χ4n) is 3.45. The first-order valence-corrected chi connectivity index (χ1v) is 11.0. The Morgan fingerprint density at radius 3 is 2.16 bits per heavy atom. The van der Waals surface area contributed by atoms with Crippen LogP contribution in [0.15, 0.2) is 74.1 Å². The molecule has 1 aliphatic heterocycles. The summed E-state index contributed by atoms with van der Waals surface area (Å²) < 4.78 is 11.0. The summed E-state index contributed by atoms with van der Waals surface area (Å²) >= 11 is 12.9. The molecule has 0 radical (unpaired) electrons. The number of rotatable bonds is 4. The maximum absolute atomic E-state index is 13.0. The van der Waals surface area contributed by atoms with Crippen LogP contribution in [-0.4, -0.2) is 26.2 Å². The fourth-order valence-corrected chi connectivity index (χ4v) is 4.72. The third kappa shape index (κ3) is 4.13. The Labute approximate surface area is 206 Å². The molecule has 0 aliphatic carbocycles. The number of ether oxygens (including phenoxy) is 2. The monoisotopic (exact) mass is 579 g/mol. The number of hydrogen-bond acceptors (Lipinski definition) is 7. The molecule has 0 spiro atoms. The van der Waals surface area contributed by atoms with Crippen LogP contribution >= 0.6 is 43.5 Å². The lowest BCUT2D eigenvalue weighted by atomic mass is 9.81. The molecule has 1 atom stereocenters. The van der Waals surface area contributed by atoms with E-state index in [-0.39, 0.29) is 22.7 Å². The molecule has 7 nitrogen and oxygen atoms in total. The molecule has 2 aromatic carbocycles. The summed E-state index contributed by atoms with van der Waals surface area (Å²) in [6.07, 6.45) is 0. The van der Waals surface area contributed by atoms with E-state index in [0.717, 1.165) is 0 Å². The van der Waals surface area contributed by atoms with Crippen LogP contribution in [-0.2, 0) is 19.1 Å². The number of carbonyl (C=O) groups is 2. The maximum atomic E-state index is 13.0. The number of nitriles is 1. The number of benzene rings is 2. The molecule has 2 aromatic rings. The van der Waals surface area contributed by atoms with Crippen LogP contribution in [0.1, 0.15) is 11.5 Å². The first-order valence-electron chi connectivity index (χ1n) is 9.06. The average molecular weight is 582 g/mol. The molecule has 32 heavy (non-hydrogen) atoms. The normalized spacial score (nSPS) is 16.0. The molecule has 164 valence electrons. The van der Waals surface area contributed by atoms with Gasteiger partial charge in [-0.1, -0.05) is 41.9 Å². The summed E-state index contributed by atoms with van der Waals surface area (Å²) in [6.45, 7) is 0. The van der Waals surface area contributed by atoms with Crippen LogP contribution in [0.2, 0.25) is 5.02 Å². The van der Waals surface area contributed by atoms with Crippen LogP contribution in [0.3, 0.4) is 0 Å². The number of halogens is 3. The van der Waals surface area contributed by atoms with Gasteiger partial charge in [-0.2, -0.15) is 5.26 Å². The Morgan fingerprint density at radius 2 is 1.66 bits per heavy atom. The fraction of sp³-hybridized carbons (Fsp3) is 0.136. The molecule has 1 aliphatic rings. The van der Waals surface area contributed by atoms with E-state index in [1.165, 1.54) is 19.1 Å². The second kappa shape index (κ2) is 9.77. The number of anilines is 1. The largest absolute Gasteiger partial charge is 0.466 e. The van der Waals surface area contributed by atoms with Crippen molar-refractivity contribution < 1.29 is 19.1 Å². The number of nitrogens with zero attached hydrogens (tertiary/aromatic N) is 2. The van der Waals surface area contributed by atoms with Gasteiger partial charge in [0, 0.05) is 8.95 Å². The Morgan fingerprint density at radius 1 is 1.09 bits per heavy atom. The van der Waals surface area contributed by atoms with Crippen molar-refractivity contribution >= 4 is 61.1 Å². The van der Waals surface area contributed by atoms with E-state index in [4.69, 9.17) is 26.8 Å². The molecular weight excluding hydrogens is 566 g/mol. The predicted molar refractivity (Wildman–Crippen MR) is 126 cm³/mol. The summed E-state index contributed by atoms with van der Waals surface area (Å²) in [4.78, 5) is 27.3. The van der Waals surface area contributed by atoms with Crippen LogP contribution in [0.4, 0.5) is 5.69 Å². The molecule has 3 rings (SSSR count). The van der Waals surface area contributed by atoms with Gasteiger partial charge in [0.05, 0.1) is 48.1 Å². The van der Waals surface area contributed by atoms with Gasteiger partial charge in [-0.25, -0.2) is 9.59 Å². The molecule has 2 N–H and O–H groups in total. The smallest absolute Gasteiger partial charge is 0.355 e. The highest BCUT2D eigenvalue weighted by molar-refractivity contribution is 9.11. The van der Waals surface area contributed by atoms with E-state index in [1.807, 2.05) is 0 Å². The summed E-state index contributed by atoms with van der Waals surface area (Å²) in [5.74, 6) is -2.58. The van der Waals surface area contributed by atoms with Crippen molar-refractivity contribution in [2.24, 2.45) is 5.73 Å². The minimum absolute atomic E-state index is 0.0319. The minimum Gasteiger partial charge on any atom is -0.466 e. The van der Waals surface area contributed by atoms with Crippen molar-refractivity contribution in [2.75, 3.05) is 19.1 Å². The quantitative estimate of drug-likeness (QED) is 0.410. The lowest BCUT2D eigenvalue weighted by Crippen LogP contribution is -2.40. The Kier molecular flexibility index (Phi) is 7.29. The van der Waals surface area contributed by atoms with Crippen molar-refractivity contribution in [3.05, 3.63) is 84.7 Å². The second-order valence-corrected chi connectivity index (χ2v) is 8.65. The molecule has 0 saturated carbocycles. The van der Waals surface area contributed by atoms with Gasteiger partial charge >= 0.3 is 11.9 Å². The third-order valence-electron chi connectivity index (χ3n) is 4.84. The van der Waals surface area contributed by atoms with Crippen molar-refractivity contribution in [3.63, 3.8) is 0 Å². The zero-order valence-corrected chi connectivity index (χ0v) is 20.8. The Balaban J connectivity index is 2.44. The van der Waals surface area contributed by atoms with E-state index in [2.05, 4.69) is 37.9 Å². The van der Waals surface area contributed by atoms with Gasteiger partial charge in [0.25, 0.3) is 0 Å². The summed E-state index contributed by atoms with van der Waals surface area (Å²) in [5, 5.41) is 10.4. The Hall–Kier alpha value is -2.80. The summed E-state index contributed by atoms with van der Waals surface area (Å²) in [7, 11) is 2.38. The Bertz CT molecular complexity index is 1180. The van der Waals surface area contributed by atoms with Gasteiger partial charge in [-0.15, -0.1) is 0 Å². The zero-order valence-electron chi connectivity index (χ0n) is 16.9. The lowest BCUT2D eigenvalue weighted by molar-refractivity contribution is -0.139. The van der Waals surface area contributed by atoms with E-state index < -0.39 is 17.9 Å². The average Bonchev–Trinajstić information content (AvgIpc) is 2.80. The predicted octanol–water partition coefficient (Wildman–Crippen LogP) is 4.76. The van der Waals surface area contributed by atoms with Gasteiger partial charge in [0.15, 0.2) is 0 Å². The van der Waals surface area contributed by atoms with Crippen molar-refractivity contribution in [1.29, 1.82) is 5.26 Å². The van der Waals surface area contributed by atoms with E-state index in [0.29, 0.717) is 25.2 Å². The van der Waals surface area contributed by atoms with E-state index in [1.54, 1.807) is 42.5 Å². The molecule has 10 heteroatoms. The molecule has 1 unspecified atom stereocenters. The van der Waals surface area contributed by atoms with Crippen LogP contribution in [0, 0.1) is 11.3 Å². The second-order valence-electron chi connectivity index (χ2n) is 6.56. The minimum atomic E-state index is -0.932. The first kappa shape index (κ1) is 23.9. The molecular formula is C22H16Br2ClN3O4. The van der Waals surface area contributed by atoms with Crippen molar-refractivity contribution in [3.8, 4) is 6.07 Å². The number of carbonyl (C=O) groups excluding carboxylic acids is 2. The zero-order chi connectivity index (χ0) is 23.6. The van der Waals surface area contributed by atoms with Gasteiger partial charge in [0.1, 0.15) is 11.5 Å². The molecule has 0 fully saturated rings. The van der Waals surface area contributed by atoms with Gasteiger partial charge in [-0.3, -0.25) is 4.90 Å². The number of methoxy groups -OCH3 is 2. The topological polar surface area (TPSA) is 106 Å². The molecule has 1 heterocycles. The SMILES string of the molecule is COC(=O)C1=C(C(=O)OC)N(c2cc(Br)c(Cl)c(Br)c2)C(N)=C(C#N)C1c1ccccc1. The summed E-state index contributed by atoms with van der Waals surface area (Å²) in [5.41, 5.74) is 7.24. The lowest BCUT2D eigenvalue weighted by Gasteiger charge is -2.36. The first-order chi connectivity index (χ1) is 15.3. The summed E-state index contributed by atoms with van der Waals surface area (Å²) in [6, 6.07) is 14.1. The van der Waals surface area contributed by atoms with Gasteiger partial charge in [0.2, 0.25) is 0 Å². The van der Waals surface area contributed by atoms with Crippen molar-refractivity contribution in [2.45, 2.75) is 5.92 Å². The maximum Gasteiger partial charge on any atom is 0.355 e. The van der Waals surface area contributed by atoms with Crippen LogP contribution < -0.4 is 10.6 Å². The number of nitrogens with two attached hydrogens (primary N) is 1.